The van der Waals surface area contributed by atoms with Crippen LogP contribution in [0.5, 0.6) is 5.75 Å². The van der Waals surface area contributed by atoms with Crippen molar-refractivity contribution in [1.82, 2.24) is 10.3 Å². The average Bonchev–Trinajstić information content (AvgIpc) is 2.33. The molecular weight excluding hydrogens is 204 g/mol. The van der Waals surface area contributed by atoms with Crippen molar-refractivity contribution in [2.45, 2.75) is 26.4 Å². The van der Waals surface area contributed by atoms with Crippen LogP contribution in [0, 0.1) is 0 Å². The summed E-state index contributed by atoms with van der Waals surface area (Å²) in [5.74, 6) is 0.717. The molecule has 0 saturated carbocycles. The molecule has 0 spiro atoms. The lowest BCUT2D eigenvalue weighted by Crippen LogP contribution is -2.20. The van der Waals surface area contributed by atoms with Gasteiger partial charge in [0.05, 0.1) is 18.9 Å². The summed E-state index contributed by atoms with van der Waals surface area (Å²) in [7, 11) is 0. The summed E-state index contributed by atoms with van der Waals surface area (Å²) in [6, 6.07) is 1.84. The van der Waals surface area contributed by atoms with Gasteiger partial charge in [0.1, 0.15) is 5.75 Å². The zero-order valence-corrected chi connectivity index (χ0v) is 9.94. The van der Waals surface area contributed by atoms with E-state index in [9.17, 15) is 5.11 Å². The lowest BCUT2D eigenvalue weighted by Gasteiger charge is -2.12. The fraction of sp³-hybridized carbons (Fsp3) is 0.583. The SMILES string of the molecule is CCCOc1cncc(C(O)CNCC)c1. The summed E-state index contributed by atoms with van der Waals surface area (Å²) in [5.41, 5.74) is 0.787. The first-order chi connectivity index (χ1) is 7.77. The second-order valence-corrected chi connectivity index (χ2v) is 3.63. The van der Waals surface area contributed by atoms with E-state index >= 15 is 0 Å². The van der Waals surface area contributed by atoms with Gasteiger partial charge < -0.3 is 15.2 Å². The van der Waals surface area contributed by atoms with Gasteiger partial charge in [0, 0.05) is 18.3 Å². The van der Waals surface area contributed by atoms with Crippen molar-refractivity contribution < 1.29 is 9.84 Å². The first-order valence-electron chi connectivity index (χ1n) is 5.74. The maximum absolute atomic E-state index is 9.84. The third kappa shape index (κ3) is 4.16. The molecule has 4 nitrogen and oxygen atoms in total. The fourth-order valence-corrected chi connectivity index (χ4v) is 1.32. The van der Waals surface area contributed by atoms with Crippen molar-refractivity contribution in [3.63, 3.8) is 0 Å². The molecule has 1 aromatic heterocycles. The van der Waals surface area contributed by atoms with Gasteiger partial charge in [-0.15, -0.1) is 0 Å². The van der Waals surface area contributed by atoms with Crippen LogP contribution >= 0.6 is 0 Å². The Labute approximate surface area is 96.7 Å². The highest BCUT2D eigenvalue weighted by Gasteiger charge is 2.08. The molecule has 0 aliphatic heterocycles. The van der Waals surface area contributed by atoms with Crippen molar-refractivity contribution in [3.8, 4) is 5.75 Å². The Kier molecular flexibility index (Phi) is 5.82. The van der Waals surface area contributed by atoms with Crippen LogP contribution in [0.4, 0.5) is 0 Å². The highest BCUT2D eigenvalue weighted by Crippen LogP contribution is 2.17. The van der Waals surface area contributed by atoms with E-state index in [2.05, 4.69) is 17.2 Å². The van der Waals surface area contributed by atoms with Crippen LogP contribution in [-0.4, -0.2) is 29.8 Å². The van der Waals surface area contributed by atoms with E-state index in [4.69, 9.17) is 4.74 Å². The molecule has 0 amide bonds. The number of aliphatic hydroxyl groups is 1. The van der Waals surface area contributed by atoms with Crippen molar-refractivity contribution >= 4 is 0 Å². The molecule has 90 valence electrons. The van der Waals surface area contributed by atoms with Crippen LogP contribution in [-0.2, 0) is 0 Å². The van der Waals surface area contributed by atoms with Crippen LogP contribution in [0.15, 0.2) is 18.5 Å². The summed E-state index contributed by atoms with van der Waals surface area (Å²) in [4.78, 5) is 4.05. The summed E-state index contributed by atoms with van der Waals surface area (Å²) >= 11 is 0. The van der Waals surface area contributed by atoms with Gasteiger partial charge in [-0.2, -0.15) is 0 Å². The molecule has 2 N–H and O–H groups in total. The highest BCUT2D eigenvalue weighted by molar-refractivity contribution is 5.25. The number of likely N-dealkylation sites (N-methyl/N-ethyl adjacent to an activating group) is 1. The van der Waals surface area contributed by atoms with Gasteiger partial charge in [0.25, 0.3) is 0 Å². The van der Waals surface area contributed by atoms with Gasteiger partial charge in [-0.25, -0.2) is 0 Å². The summed E-state index contributed by atoms with van der Waals surface area (Å²) in [5, 5.41) is 12.9. The number of rotatable bonds is 7. The Morgan fingerprint density at radius 1 is 1.44 bits per heavy atom. The van der Waals surface area contributed by atoms with Crippen molar-refractivity contribution in [2.24, 2.45) is 0 Å². The molecule has 1 atom stereocenters. The van der Waals surface area contributed by atoms with E-state index in [0.29, 0.717) is 13.2 Å². The Morgan fingerprint density at radius 2 is 2.25 bits per heavy atom. The maximum atomic E-state index is 9.84. The van der Waals surface area contributed by atoms with E-state index in [-0.39, 0.29) is 0 Å². The number of pyridine rings is 1. The lowest BCUT2D eigenvalue weighted by molar-refractivity contribution is 0.174. The number of aliphatic hydroxyl groups excluding tert-OH is 1. The molecular formula is C12H20N2O2. The monoisotopic (exact) mass is 224 g/mol. The normalized spacial score (nSPS) is 12.4. The number of hydrogen-bond acceptors (Lipinski definition) is 4. The smallest absolute Gasteiger partial charge is 0.137 e. The Hall–Kier alpha value is -1.13. The van der Waals surface area contributed by atoms with Crippen LogP contribution < -0.4 is 10.1 Å². The Balaban J connectivity index is 2.58. The number of aromatic nitrogens is 1. The quantitative estimate of drug-likeness (QED) is 0.737. The predicted octanol–water partition coefficient (Wildman–Crippen LogP) is 1.51. The molecule has 1 rings (SSSR count). The minimum atomic E-state index is -0.530. The zero-order chi connectivity index (χ0) is 11.8. The Morgan fingerprint density at radius 3 is 2.94 bits per heavy atom. The summed E-state index contributed by atoms with van der Waals surface area (Å²) in [6.07, 6.45) is 3.77. The minimum absolute atomic E-state index is 0.530. The molecule has 0 aromatic carbocycles. The van der Waals surface area contributed by atoms with Crippen LogP contribution in [0.2, 0.25) is 0 Å². The van der Waals surface area contributed by atoms with E-state index in [0.717, 1.165) is 24.3 Å². The molecule has 0 fully saturated rings. The second kappa shape index (κ2) is 7.19. The number of ether oxygens (including phenoxy) is 1. The first kappa shape index (κ1) is 12.9. The molecule has 1 unspecified atom stereocenters. The fourth-order valence-electron chi connectivity index (χ4n) is 1.32. The molecule has 16 heavy (non-hydrogen) atoms. The second-order valence-electron chi connectivity index (χ2n) is 3.63. The molecule has 0 radical (unpaired) electrons. The molecule has 0 aliphatic carbocycles. The van der Waals surface area contributed by atoms with Crippen molar-refractivity contribution in [1.29, 1.82) is 0 Å². The maximum Gasteiger partial charge on any atom is 0.137 e. The topological polar surface area (TPSA) is 54.4 Å². The average molecular weight is 224 g/mol. The first-order valence-corrected chi connectivity index (χ1v) is 5.74. The number of nitrogens with zero attached hydrogens (tertiary/aromatic N) is 1. The standard InChI is InChI=1S/C12H20N2O2/c1-3-5-16-11-6-10(7-14-8-11)12(15)9-13-4-2/h6-8,12-13,15H,3-5,9H2,1-2H3. The van der Waals surface area contributed by atoms with E-state index in [1.165, 1.54) is 0 Å². The summed E-state index contributed by atoms with van der Waals surface area (Å²) < 4.78 is 5.46. The number of hydrogen-bond donors (Lipinski definition) is 2. The van der Waals surface area contributed by atoms with Crippen molar-refractivity contribution in [2.75, 3.05) is 19.7 Å². The molecule has 1 heterocycles. The van der Waals surface area contributed by atoms with Crippen molar-refractivity contribution in [3.05, 3.63) is 24.0 Å². The number of nitrogens with one attached hydrogen (secondary N) is 1. The molecule has 0 aliphatic rings. The predicted molar refractivity (Wildman–Crippen MR) is 63.5 cm³/mol. The van der Waals surface area contributed by atoms with E-state index in [1.54, 1.807) is 12.4 Å². The van der Waals surface area contributed by atoms with Gasteiger partial charge in [0.15, 0.2) is 0 Å². The van der Waals surface area contributed by atoms with Gasteiger partial charge in [0.2, 0.25) is 0 Å². The van der Waals surface area contributed by atoms with Gasteiger partial charge in [-0.1, -0.05) is 13.8 Å². The van der Waals surface area contributed by atoms with E-state index < -0.39 is 6.10 Å². The highest BCUT2D eigenvalue weighted by atomic mass is 16.5. The van der Waals surface area contributed by atoms with Crippen LogP contribution in [0.3, 0.4) is 0 Å². The minimum Gasteiger partial charge on any atom is -0.492 e. The van der Waals surface area contributed by atoms with Gasteiger partial charge in [-0.3, -0.25) is 4.98 Å². The molecule has 0 saturated heterocycles. The van der Waals surface area contributed by atoms with Gasteiger partial charge in [-0.05, 0) is 19.0 Å². The molecule has 0 bridgehead atoms. The van der Waals surface area contributed by atoms with E-state index in [1.807, 2.05) is 13.0 Å². The summed E-state index contributed by atoms with van der Waals surface area (Å²) in [6.45, 7) is 6.11. The van der Waals surface area contributed by atoms with Crippen LogP contribution in [0.25, 0.3) is 0 Å². The lowest BCUT2D eigenvalue weighted by atomic mass is 10.1. The molecule has 1 aromatic rings. The third-order valence-corrected chi connectivity index (χ3v) is 2.18. The largest absolute Gasteiger partial charge is 0.492 e. The third-order valence-electron chi connectivity index (χ3n) is 2.18. The van der Waals surface area contributed by atoms with Crippen LogP contribution in [0.1, 0.15) is 31.9 Å². The molecule has 4 heteroatoms. The Bertz CT molecular complexity index is 305. The van der Waals surface area contributed by atoms with Gasteiger partial charge >= 0.3 is 0 Å². The zero-order valence-electron chi connectivity index (χ0n) is 9.94.